The molecule has 0 saturated heterocycles. The van der Waals surface area contributed by atoms with Crippen LogP contribution in [0.1, 0.15) is 342 Å². The molecule has 0 rings (SSSR count). The maximum Gasteiger partial charge on any atom is 0.306 e. The van der Waals surface area contributed by atoms with E-state index in [1.54, 1.807) is 0 Å². The number of ether oxygens (including phenoxy) is 3. The van der Waals surface area contributed by atoms with Crippen LogP contribution in [-0.2, 0) is 28.6 Å². The Morgan fingerprint density at radius 3 is 0.747 bits per heavy atom. The van der Waals surface area contributed by atoms with E-state index in [1.165, 1.54) is 173 Å². The zero-order chi connectivity index (χ0) is 59.9. The Kier molecular flexibility index (Phi) is 67.2. The molecule has 0 saturated carbocycles. The van der Waals surface area contributed by atoms with Crippen LogP contribution in [0.4, 0.5) is 0 Å². The summed E-state index contributed by atoms with van der Waals surface area (Å²) in [4.78, 5) is 38.5. The second-order valence-electron chi connectivity index (χ2n) is 23.4. The summed E-state index contributed by atoms with van der Waals surface area (Å²) in [6.07, 6.45) is 96.8. The summed E-state index contributed by atoms with van der Waals surface area (Å²) in [6, 6.07) is 0. The molecule has 1 atom stereocenters. The second kappa shape index (κ2) is 70.6. The van der Waals surface area contributed by atoms with Crippen molar-refractivity contribution in [3.8, 4) is 0 Å². The van der Waals surface area contributed by atoms with Crippen LogP contribution in [0.3, 0.4) is 0 Å². The molecule has 0 aromatic rings. The number of allylic oxidation sites excluding steroid dienone is 18. The molecule has 0 aromatic heterocycles. The Bertz CT molecular complexity index is 1660. The topological polar surface area (TPSA) is 78.9 Å². The fraction of sp³-hybridized carbons (Fsp3) is 0.727. The lowest BCUT2D eigenvalue weighted by atomic mass is 10.0. The lowest BCUT2D eigenvalue weighted by Crippen LogP contribution is -2.30. The third kappa shape index (κ3) is 68.7. The molecule has 0 N–H and O–H groups in total. The Labute approximate surface area is 514 Å². The van der Waals surface area contributed by atoms with Gasteiger partial charge in [-0.25, -0.2) is 0 Å². The van der Waals surface area contributed by atoms with Gasteiger partial charge in [0, 0.05) is 19.3 Å². The summed E-state index contributed by atoms with van der Waals surface area (Å²) in [5, 5.41) is 0. The SMILES string of the molecule is CC/C=C\C/C=C\C/C=C\C/C=C\CCCCCCCCCCC(=O)OC(COC(=O)CCCCCCCC/C=C\C/C=C\C/C=C\C/C=C\CC)COC(=O)CCCCCCCCCCCCCCC/C=C\CCCCCCCCCC. The first-order valence-corrected chi connectivity index (χ1v) is 35.4. The Morgan fingerprint density at radius 2 is 0.470 bits per heavy atom. The first-order valence-electron chi connectivity index (χ1n) is 35.4. The predicted octanol–water partition coefficient (Wildman–Crippen LogP) is 24.6. The van der Waals surface area contributed by atoms with E-state index in [0.717, 1.165) is 128 Å². The maximum absolute atomic E-state index is 13.0. The van der Waals surface area contributed by atoms with Crippen molar-refractivity contribution in [2.45, 2.75) is 348 Å². The maximum atomic E-state index is 13.0. The average molecular weight is 1150 g/mol. The van der Waals surface area contributed by atoms with Crippen molar-refractivity contribution < 1.29 is 28.6 Å². The molecular weight excluding hydrogens is 1020 g/mol. The normalized spacial score (nSPS) is 12.8. The van der Waals surface area contributed by atoms with E-state index >= 15 is 0 Å². The first-order chi connectivity index (χ1) is 41.0. The van der Waals surface area contributed by atoms with Gasteiger partial charge >= 0.3 is 17.9 Å². The molecule has 0 radical (unpaired) electrons. The van der Waals surface area contributed by atoms with Crippen molar-refractivity contribution in [3.05, 3.63) is 109 Å². The Balaban J connectivity index is 4.38. The first kappa shape index (κ1) is 79.1. The fourth-order valence-corrected chi connectivity index (χ4v) is 10.0. The molecule has 0 bridgehead atoms. The van der Waals surface area contributed by atoms with Crippen LogP contribution in [0.25, 0.3) is 0 Å². The van der Waals surface area contributed by atoms with Crippen LogP contribution >= 0.6 is 0 Å². The summed E-state index contributed by atoms with van der Waals surface area (Å²) in [5.74, 6) is -0.894. The van der Waals surface area contributed by atoms with Gasteiger partial charge in [-0.1, -0.05) is 310 Å². The van der Waals surface area contributed by atoms with Crippen molar-refractivity contribution in [1.82, 2.24) is 0 Å². The van der Waals surface area contributed by atoms with Gasteiger partial charge in [-0.05, 0) is 122 Å². The molecule has 6 nitrogen and oxygen atoms in total. The molecule has 0 spiro atoms. The highest BCUT2D eigenvalue weighted by Crippen LogP contribution is 2.17. The highest BCUT2D eigenvalue weighted by Gasteiger charge is 2.19. The highest BCUT2D eigenvalue weighted by molar-refractivity contribution is 5.71. The number of hydrogen-bond donors (Lipinski definition) is 0. The summed E-state index contributed by atoms with van der Waals surface area (Å²) >= 11 is 0. The minimum atomic E-state index is -0.793. The van der Waals surface area contributed by atoms with Crippen LogP contribution in [0.15, 0.2) is 109 Å². The third-order valence-electron chi connectivity index (χ3n) is 15.2. The van der Waals surface area contributed by atoms with Gasteiger partial charge in [0.15, 0.2) is 6.10 Å². The average Bonchev–Trinajstić information content (AvgIpc) is 3.50. The van der Waals surface area contributed by atoms with Gasteiger partial charge < -0.3 is 14.2 Å². The molecule has 0 aliphatic rings. The number of hydrogen-bond acceptors (Lipinski definition) is 6. The van der Waals surface area contributed by atoms with Gasteiger partial charge in [-0.3, -0.25) is 14.4 Å². The van der Waals surface area contributed by atoms with Gasteiger partial charge in [-0.2, -0.15) is 0 Å². The van der Waals surface area contributed by atoms with Gasteiger partial charge in [0.25, 0.3) is 0 Å². The third-order valence-corrected chi connectivity index (χ3v) is 15.2. The lowest BCUT2D eigenvalue weighted by molar-refractivity contribution is -0.167. The molecule has 0 aliphatic heterocycles. The molecule has 0 aromatic carbocycles. The van der Waals surface area contributed by atoms with E-state index < -0.39 is 6.10 Å². The van der Waals surface area contributed by atoms with Crippen molar-refractivity contribution in [3.63, 3.8) is 0 Å². The van der Waals surface area contributed by atoms with Crippen molar-refractivity contribution in [2.75, 3.05) is 13.2 Å². The van der Waals surface area contributed by atoms with Crippen LogP contribution in [0.2, 0.25) is 0 Å². The van der Waals surface area contributed by atoms with E-state index in [-0.39, 0.29) is 31.1 Å². The molecule has 6 heteroatoms. The number of carbonyl (C=O) groups excluding carboxylic acids is 3. The van der Waals surface area contributed by atoms with Crippen LogP contribution in [0, 0.1) is 0 Å². The van der Waals surface area contributed by atoms with Crippen molar-refractivity contribution in [1.29, 1.82) is 0 Å². The molecule has 0 amide bonds. The molecular formula is C77H132O6. The van der Waals surface area contributed by atoms with Crippen LogP contribution in [0.5, 0.6) is 0 Å². The van der Waals surface area contributed by atoms with Crippen LogP contribution < -0.4 is 0 Å². The lowest BCUT2D eigenvalue weighted by Gasteiger charge is -2.18. The predicted molar refractivity (Wildman–Crippen MR) is 362 cm³/mol. The summed E-state index contributed by atoms with van der Waals surface area (Å²) in [5.41, 5.74) is 0. The van der Waals surface area contributed by atoms with Crippen LogP contribution in [-0.4, -0.2) is 37.2 Å². The molecule has 0 aliphatic carbocycles. The Hall–Kier alpha value is -3.93. The van der Waals surface area contributed by atoms with E-state index in [2.05, 4.69) is 130 Å². The van der Waals surface area contributed by atoms with Crippen molar-refractivity contribution in [2.24, 2.45) is 0 Å². The number of unbranched alkanes of at least 4 members (excludes halogenated alkanes) is 35. The zero-order valence-electron chi connectivity index (χ0n) is 54.7. The molecule has 476 valence electrons. The molecule has 0 heterocycles. The quantitative estimate of drug-likeness (QED) is 0.0261. The highest BCUT2D eigenvalue weighted by atomic mass is 16.6. The smallest absolute Gasteiger partial charge is 0.306 e. The largest absolute Gasteiger partial charge is 0.462 e. The zero-order valence-corrected chi connectivity index (χ0v) is 54.7. The van der Waals surface area contributed by atoms with Gasteiger partial charge in [0.2, 0.25) is 0 Å². The van der Waals surface area contributed by atoms with E-state index in [9.17, 15) is 14.4 Å². The van der Waals surface area contributed by atoms with E-state index in [4.69, 9.17) is 14.2 Å². The fourth-order valence-electron chi connectivity index (χ4n) is 10.0. The number of esters is 3. The summed E-state index contributed by atoms with van der Waals surface area (Å²) in [7, 11) is 0. The van der Waals surface area contributed by atoms with E-state index in [1.807, 2.05) is 0 Å². The summed E-state index contributed by atoms with van der Waals surface area (Å²) in [6.45, 7) is 6.44. The standard InChI is InChI=1S/C77H132O6/c1-4-7-10-13-16-19-22-25-28-31-34-36-37-38-39-41-43-46-49-52-55-58-61-64-67-70-76(79)82-73-74(72-81-75(78)69-66-63-60-57-54-51-48-45-42-33-30-27-24-21-18-15-12-9-6-3)83-77(80)71-68-65-62-59-56-53-50-47-44-40-35-32-29-26-23-20-17-14-11-8-5-2/h8-9,11-12,17-18,20-21,26-27,29-31,34-35,40,42,45,74H,4-7,10,13-16,19,22-25,28,32-33,36-39,41,43-44,46-73H2,1-3H3/b11-8-,12-9-,20-17-,21-18-,29-26-,30-27-,34-31-,40-35-,45-42-. The summed E-state index contributed by atoms with van der Waals surface area (Å²) < 4.78 is 17.0. The van der Waals surface area contributed by atoms with Gasteiger partial charge in [0.1, 0.15) is 13.2 Å². The minimum Gasteiger partial charge on any atom is -0.462 e. The van der Waals surface area contributed by atoms with Gasteiger partial charge in [-0.15, -0.1) is 0 Å². The Morgan fingerprint density at radius 1 is 0.253 bits per heavy atom. The molecule has 1 unspecified atom stereocenters. The number of rotatable bonds is 64. The molecule has 83 heavy (non-hydrogen) atoms. The monoisotopic (exact) mass is 1150 g/mol. The second-order valence-corrected chi connectivity index (χ2v) is 23.4. The molecule has 0 fully saturated rings. The number of carbonyl (C=O) groups is 3. The van der Waals surface area contributed by atoms with Crippen molar-refractivity contribution >= 4 is 17.9 Å². The van der Waals surface area contributed by atoms with E-state index in [0.29, 0.717) is 19.3 Å². The van der Waals surface area contributed by atoms with Gasteiger partial charge in [0.05, 0.1) is 0 Å². The minimum absolute atomic E-state index is 0.0855.